The Kier molecular flexibility index (Phi) is 4.82. The van der Waals surface area contributed by atoms with Crippen molar-refractivity contribution in [2.45, 2.75) is 26.2 Å². The first-order chi connectivity index (χ1) is 8.60. The molecule has 1 unspecified atom stereocenters. The third kappa shape index (κ3) is 3.34. The highest BCUT2D eigenvalue weighted by Crippen LogP contribution is 2.27. The molecule has 0 aliphatic rings. The number of hydrogen-bond acceptors (Lipinski definition) is 2. The normalized spacial score (nSPS) is 12.7. The van der Waals surface area contributed by atoms with Crippen molar-refractivity contribution in [2.75, 3.05) is 5.33 Å². The van der Waals surface area contributed by atoms with E-state index in [1.165, 1.54) is 15.4 Å². The van der Waals surface area contributed by atoms with Gasteiger partial charge < -0.3 is 0 Å². The maximum absolute atomic E-state index is 5.92. The van der Waals surface area contributed by atoms with Crippen molar-refractivity contribution >= 4 is 38.9 Å². The van der Waals surface area contributed by atoms with Crippen LogP contribution in [0.2, 0.25) is 5.02 Å². The minimum absolute atomic E-state index is 0.451. The molecule has 0 amide bonds. The minimum atomic E-state index is 0.451. The predicted molar refractivity (Wildman–Crippen MR) is 83.3 cm³/mol. The SMILES string of the molecule is Cc1nc(CC(CBr)c2ccc(Cl)cc2)sc1C. The van der Waals surface area contributed by atoms with Crippen molar-refractivity contribution in [1.82, 2.24) is 4.98 Å². The van der Waals surface area contributed by atoms with Gasteiger partial charge in [-0.1, -0.05) is 39.7 Å². The van der Waals surface area contributed by atoms with E-state index in [2.05, 4.69) is 46.9 Å². The minimum Gasteiger partial charge on any atom is -0.246 e. The van der Waals surface area contributed by atoms with Gasteiger partial charge in [-0.25, -0.2) is 4.98 Å². The van der Waals surface area contributed by atoms with Gasteiger partial charge in [0.2, 0.25) is 0 Å². The molecule has 0 spiro atoms. The van der Waals surface area contributed by atoms with Crippen molar-refractivity contribution < 1.29 is 0 Å². The van der Waals surface area contributed by atoms with Crippen LogP contribution in [-0.4, -0.2) is 10.3 Å². The fraction of sp³-hybridized carbons (Fsp3) is 0.357. The lowest BCUT2D eigenvalue weighted by atomic mass is 9.98. The second kappa shape index (κ2) is 6.18. The zero-order valence-corrected chi connectivity index (χ0v) is 13.6. The smallest absolute Gasteiger partial charge is 0.0937 e. The van der Waals surface area contributed by atoms with E-state index < -0.39 is 0 Å². The molecule has 1 aromatic heterocycles. The number of nitrogens with zero attached hydrogens (tertiary/aromatic N) is 1. The van der Waals surface area contributed by atoms with Crippen molar-refractivity contribution in [1.29, 1.82) is 0 Å². The molecule has 0 saturated heterocycles. The van der Waals surface area contributed by atoms with Crippen LogP contribution >= 0.6 is 38.9 Å². The molecule has 0 radical (unpaired) electrons. The summed E-state index contributed by atoms with van der Waals surface area (Å²) in [7, 11) is 0. The molecule has 1 aromatic carbocycles. The van der Waals surface area contributed by atoms with Gasteiger partial charge in [-0.05, 0) is 37.5 Å². The Morgan fingerprint density at radius 1 is 1.28 bits per heavy atom. The van der Waals surface area contributed by atoms with Crippen LogP contribution in [0.4, 0.5) is 0 Å². The van der Waals surface area contributed by atoms with Crippen molar-refractivity contribution in [3.63, 3.8) is 0 Å². The summed E-state index contributed by atoms with van der Waals surface area (Å²) in [5, 5.41) is 2.93. The molecule has 0 saturated carbocycles. The Labute approximate surface area is 125 Å². The van der Waals surface area contributed by atoms with E-state index >= 15 is 0 Å². The predicted octanol–water partition coefficient (Wildman–Crippen LogP) is 5.13. The summed E-state index contributed by atoms with van der Waals surface area (Å²) < 4.78 is 0. The summed E-state index contributed by atoms with van der Waals surface area (Å²) in [6, 6.07) is 8.10. The van der Waals surface area contributed by atoms with Gasteiger partial charge in [-0.3, -0.25) is 0 Å². The van der Waals surface area contributed by atoms with Gasteiger partial charge >= 0.3 is 0 Å². The number of hydrogen-bond donors (Lipinski definition) is 0. The molecule has 0 fully saturated rings. The highest BCUT2D eigenvalue weighted by molar-refractivity contribution is 9.09. The fourth-order valence-corrected chi connectivity index (χ4v) is 3.58. The molecule has 2 rings (SSSR count). The van der Waals surface area contributed by atoms with Crippen molar-refractivity contribution in [3.05, 3.63) is 50.4 Å². The highest BCUT2D eigenvalue weighted by atomic mass is 79.9. The molecular formula is C14H15BrClNS. The summed E-state index contributed by atoms with van der Waals surface area (Å²) in [6.45, 7) is 4.20. The molecule has 1 nitrogen and oxygen atoms in total. The standard InChI is InChI=1S/C14H15BrClNS/c1-9-10(2)18-14(17-9)7-12(8-15)11-3-5-13(16)6-4-11/h3-6,12H,7-8H2,1-2H3. The lowest BCUT2D eigenvalue weighted by molar-refractivity contribution is 0.768. The first-order valence-corrected chi connectivity index (χ1v) is 8.16. The number of rotatable bonds is 4. The average molecular weight is 345 g/mol. The quantitative estimate of drug-likeness (QED) is 0.700. The molecule has 96 valence electrons. The molecular weight excluding hydrogens is 330 g/mol. The zero-order chi connectivity index (χ0) is 13.1. The molecule has 0 aliphatic heterocycles. The van der Waals surface area contributed by atoms with Crippen LogP contribution < -0.4 is 0 Å². The van der Waals surface area contributed by atoms with Crippen LogP contribution in [0.15, 0.2) is 24.3 Å². The Bertz CT molecular complexity index is 502. The third-order valence-corrected chi connectivity index (χ3v) is 5.15. The molecule has 0 bridgehead atoms. The van der Waals surface area contributed by atoms with Gasteiger partial charge in [0.25, 0.3) is 0 Å². The van der Waals surface area contributed by atoms with Crippen LogP contribution in [0.25, 0.3) is 0 Å². The molecule has 1 atom stereocenters. The molecule has 18 heavy (non-hydrogen) atoms. The lowest BCUT2D eigenvalue weighted by Gasteiger charge is -2.12. The third-order valence-electron chi connectivity index (χ3n) is 3.02. The monoisotopic (exact) mass is 343 g/mol. The van der Waals surface area contributed by atoms with E-state index in [1.807, 2.05) is 12.1 Å². The van der Waals surface area contributed by atoms with Crippen LogP contribution in [0.3, 0.4) is 0 Å². The van der Waals surface area contributed by atoms with E-state index in [-0.39, 0.29) is 0 Å². The van der Waals surface area contributed by atoms with Gasteiger partial charge in [-0.15, -0.1) is 11.3 Å². The summed E-state index contributed by atoms with van der Waals surface area (Å²) in [4.78, 5) is 5.93. The molecule has 0 aliphatic carbocycles. The van der Waals surface area contributed by atoms with Gasteiger partial charge in [0, 0.05) is 21.7 Å². The van der Waals surface area contributed by atoms with Crippen LogP contribution in [0.5, 0.6) is 0 Å². The Morgan fingerprint density at radius 3 is 2.44 bits per heavy atom. The number of benzene rings is 1. The number of halogens is 2. The molecule has 4 heteroatoms. The topological polar surface area (TPSA) is 12.9 Å². The molecule has 0 N–H and O–H groups in total. The summed E-state index contributed by atoms with van der Waals surface area (Å²) >= 11 is 11.3. The van der Waals surface area contributed by atoms with E-state index in [0.717, 1.165) is 22.5 Å². The Balaban J connectivity index is 2.16. The van der Waals surface area contributed by atoms with Crippen LogP contribution in [0, 0.1) is 13.8 Å². The largest absolute Gasteiger partial charge is 0.246 e. The second-order valence-corrected chi connectivity index (χ2v) is 6.73. The Morgan fingerprint density at radius 2 is 1.94 bits per heavy atom. The van der Waals surface area contributed by atoms with Crippen molar-refractivity contribution in [2.24, 2.45) is 0 Å². The van der Waals surface area contributed by atoms with Crippen molar-refractivity contribution in [3.8, 4) is 0 Å². The van der Waals surface area contributed by atoms with Crippen LogP contribution in [-0.2, 0) is 6.42 Å². The molecule has 1 heterocycles. The van der Waals surface area contributed by atoms with Gasteiger partial charge in [0.15, 0.2) is 0 Å². The van der Waals surface area contributed by atoms with E-state index in [1.54, 1.807) is 11.3 Å². The number of thiazole rings is 1. The summed E-state index contributed by atoms with van der Waals surface area (Å²) in [6.07, 6.45) is 0.978. The number of aryl methyl sites for hydroxylation is 2. The number of alkyl halides is 1. The van der Waals surface area contributed by atoms with Gasteiger partial charge in [-0.2, -0.15) is 0 Å². The summed E-state index contributed by atoms with van der Waals surface area (Å²) in [5.41, 5.74) is 2.46. The lowest BCUT2D eigenvalue weighted by Crippen LogP contribution is -2.04. The first-order valence-electron chi connectivity index (χ1n) is 5.84. The summed E-state index contributed by atoms with van der Waals surface area (Å²) in [5.74, 6) is 0.451. The number of aromatic nitrogens is 1. The fourth-order valence-electron chi connectivity index (χ4n) is 1.83. The van der Waals surface area contributed by atoms with E-state index in [0.29, 0.717) is 5.92 Å². The zero-order valence-electron chi connectivity index (χ0n) is 10.4. The van der Waals surface area contributed by atoms with Gasteiger partial charge in [0.05, 0.1) is 10.7 Å². The second-order valence-electron chi connectivity index (χ2n) is 4.36. The van der Waals surface area contributed by atoms with E-state index in [9.17, 15) is 0 Å². The molecule has 2 aromatic rings. The first kappa shape index (κ1) is 14.0. The van der Waals surface area contributed by atoms with Gasteiger partial charge in [0.1, 0.15) is 0 Å². The average Bonchev–Trinajstić information content (AvgIpc) is 2.67. The highest BCUT2D eigenvalue weighted by Gasteiger charge is 2.14. The van der Waals surface area contributed by atoms with Crippen LogP contribution in [0.1, 0.15) is 27.1 Å². The maximum atomic E-state index is 5.92. The maximum Gasteiger partial charge on any atom is 0.0937 e. The Hall–Kier alpha value is -0.380. The van der Waals surface area contributed by atoms with E-state index in [4.69, 9.17) is 11.6 Å².